The zero-order chi connectivity index (χ0) is 17.8. The standard InChI is InChI=1S/C20H26N4O/c1-15-8-7-11-23(13-15)20(25)21-12-19-16(2)22-24(17(19)3)14-18-9-5-4-6-10-18/h4-6,8-10H,7,11-14H2,1-3H3,(H,21,25). The third-order valence-corrected chi connectivity index (χ3v) is 4.74. The number of aromatic nitrogens is 2. The molecule has 3 rings (SSSR count). The first-order valence-corrected chi connectivity index (χ1v) is 8.80. The van der Waals surface area contributed by atoms with Gasteiger partial charge in [-0.1, -0.05) is 42.0 Å². The molecule has 0 fully saturated rings. The molecule has 0 aliphatic carbocycles. The Balaban J connectivity index is 1.65. The fraction of sp³-hybridized carbons (Fsp3) is 0.400. The van der Waals surface area contributed by atoms with E-state index >= 15 is 0 Å². The van der Waals surface area contributed by atoms with E-state index in [1.165, 1.54) is 11.1 Å². The number of hydrogen-bond acceptors (Lipinski definition) is 2. The quantitative estimate of drug-likeness (QED) is 0.869. The summed E-state index contributed by atoms with van der Waals surface area (Å²) in [5, 5.41) is 7.71. The van der Waals surface area contributed by atoms with Gasteiger partial charge in [0.05, 0.1) is 12.2 Å². The molecule has 0 bridgehead atoms. The SMILES string of the molecule is CC1=CCCN(C(=O)NCc2c(C)nn(Cc3ccccc3)c2C)C1. The summed E-state index contributed by atoms with van der Waals surface area (Å²) in [4.78, 5) is 14.3. The van der Waals surface area contributed by atoms with Crippen molar-refractivity contribution in [3.63, 3.8) is 0 Å². The smallest absolute Gasteiger partial charge is 0.317 e. The van der Waals surface area contributed by atoms with Gasteiger partial charge < -0.3 is 10.2 Å². The summed E-state index contributed by atoms with van der Waals surface area (Å²) in [5.74, 6) is 0. The Labute approximate surface area is 149 Å². The van der Waals surface area contributed by atoms with E-state index in [1.807, 2.05) is 34.7 Å². The molecular weight excluding hydrogens is 312 g/mol. The lowest BCUT2D eigenvalue weighted by molar-refractivity contribution is 0.200. The van der Waals surface area contributed by atoms with E-state index in [9.17, 15) is 4.79 Å². The largest absolute Gasteiger partial charge is 0.334 e. The van der Waals surface area contributed by atoms with E-state index in [-0.39, 0.29) is 6.03 Å². The molecule has 2 amide bonds. The molecule has 5 heteroatoms. The van der Waals surface area contributed by atoms with Crippen LogP contribution in [0.1, 0.15) is 35.9 Å². The lowest BCUT2D eigenvalue weighted by atomic mass is 10.1. The number of carbonyl (C=O) groups excluding carboxylic acids is 1. The maximum atomic E-state index is 12.4. The van der Waals surface area contributed by atoms with Gasteiger partial charge in [0.25, 0.3) is 0 Å². The normalized spacial score (nSPS) is 14.4. The number of carbonyl (C=O) groups is 1. The zero-order valence-corrected chi connectivity index (χ0v) is 15.2. The van der Waals surface area contributed by atoms with Crippen LogP contribution in [0.2, 0.25) is 0 Å². The van der Waals surface area contributed by atoms with Crippen LogP contribution in [0.5, 0.6) is 0 Å². The van der Waals surface area contributed by atoms with E-state index in [0.29, 0.717) is 6.54 Å². The van der Waals surface area contributed by atoms with Gasteiger partial charge in [0, 0.05) is 30.9 Å². The van der Waals surface area contributed by atoms with E-state index < -0.39 is 0 Å². The second-order valence-corrected chi connectivity index (χ2v) is 6.71. The summed E-state index contributed by atoms with van der Waals surface area (Å²) >= 11 is 0. The highest BCUT2D eigenvalue weighted by Crippen LogP contribution is 2.15. The minimum Gasteiger partial charge on any atom is -0.334 e. The number of rotatable bonds is 4. The summed E-state index contributed by atoms with van der Waals surface area (Å²) in [7, 11) is 0. The van der Waals surface area contributed by atoms with Crippen molar-refractivity contribution >= 4 is 6.03 Å². The summed E-state index contributed by atoms with van der Waals surface area (Å²) in [6.45, 7) is 8.91. The predicted molar refractivity (Wildman–Crippen MR) is 99.4 cm³/mol. The summed E-state index contributed by atoms with van der Waals surface area (Å²) in [5.41, 5.74) is 5.66. The molecular formula is C20H26N4O. The molecule has 0 saturated heterocycles. The maximum absolute atomic E-state index is 12.4. The van der Waals surface area contributed by atoms with Gasteiger partial charge in [-0.3, -0.25) is 4.68 Å². The molecule has 132 valence electrons. The molecule has 0 spiro atoms. The monoisotopic (exact) mass is 338 g/mol. The molecule has 0 radical (unpaired) electrons. The molecule has 1 aromatic carbocycles. The molecule has 0 saturated carbocycles. The van der Waals surface area contributed by atoms with Gasteiger partial charge in [0.15, 0.2) is 0 Å². The second-order valence-electron chi connectivity index (χ2n) is 6.71. The van der Waals surface area contributed by atoms with E-state index in [4.69, 9.17) is 0 Å². The van der Waals surface area contributed by atoms with Crippen molar-refractivity contribution in [3.05, 3.63) is 64.5 Å². The average molecular weight is 338 g/mol. The molecule has 1 aliphatic rings. The summed E-state index contributed by atoms with van der Waals surface area (Å²) in [6, 6.07) is 10.3. The Bertz CT molecular complexity index is 776. The molecule has 0 unspecified atom stereocenters. The van der Waals surface area contributed by atoms with Crippen LogP contribution < -0.4 is 5.32 Å². The van der Waals surface area contributed by atoms with Gasteiger partial charge in [0.2, 0.25) is 0 Å². The van der Waals surface area contributed by atoms with Crippen molar-refractivity contribution in [2.45, 2.75) is 40.3 Å². The topological polar surface area (TPSA) is 50.2 Å². The van der Waals surface area contributed by atoms with Crippen LogP contribution in [0, 0.1) is 13.8 Å². The first kappa shape index (κ1) is 17.3. The third kappa shape index (κ3) is 4.10. The highest BCUT2D eigenvalue weighted by Gasteiger charge is 2.18. The van der Waals surface area contributed by atoms with Gasteiger partial charge in [-0.25, -0.2) is 4.79 Å². The minimum absolute atomic E-state index is 0.00191. The minimum atomic E-state index is 0.00191. The zero-order valence-electron chi connectivity index (χ0n) is 15.2. The molecule has 2 heterocycles. The van der Waals surface area contributed by atoms with Gasteiger partial charge in [-0.2, -0.15) is 5.10 Å². The summed E-state index contributed by atoms with van der Waals surface area (Å²) in [6.07, 6.45) is 3.14. The van der Waals surface area contributed by atoms with Gasteiger partial charge in [-0.15, -0.1) is 0 Å². The summed E-state index contributed by atoms with van der Waals surface area (Å²) < 4.78 is 2.01. The number of nitrogens with one attached hydrogen (secondary N) is 1. The van der Waals surface area contributed by atoms with Crippen molar-refractivity contribution in [1.29, 1.82) is 0 Å². The highest BCUT2D eigenvalue weighted by molar-refractivity contribution is 5.74. The van der Waals surface area contributed by atoms with Crippen LogP contribution in [0.25, 0.3) is 0 Å². The molecule has 0 atom stereocenters. The van der Waals surface area contributed by atoms with E-state index in [1.54, 1.807) is 0 Å². The van der Waals surface area contributed by atoms with Crippen LogP contribution in [-0.4, -0.2) is 33.8 Å². The Kier molecular flexibility index (Phi) is 5.22. The van der Waals surface area contributed by atoms with Crippen LogP contribution in [0.4, 0.5) is 4.79 Å². The number of benzene rings is 1. The number of aryl methyl sites for hydroxylation is 1. The maximum Gasteiger partial charge on any atom is 0.317 e. The van der Waals surface area contributed by atoms with Gasteiger partial charge >= 0.3 is 6.03 Å². The Hall–Kier alpha value is -2.56. The molecule has 5 nitrogen and oxygen atoms in total. The van der Waals surface area contributed by atoms with Crippen LogP contribution in [0.3, 0.4) is 0 Å². The van der Waals surface area contributed by atoms with Crippen molar-refractivity contribution < 1.29 is 4.79 Å². The number of amides is 2. The number of urea groups is 1. The van der Waals surface area contributed by atoms with Crippen LogP contribution in [0.15, 0.2) is 42.0 Å². The Morgan fingerprint density at radius 2 is 1.96 bits per heavy atom. The van der Waals surface area contributed by atoms with Crippen LogP contribution in [-0.2, 0) is 13.1 Å². The third-order valence-electron chi connectivity index (χ3n) is 4.74. The highest BCUT2D eigenvalue weighted by atomic mass is 16.2. The van der Waals surface area contributed by atoms with Gasteiger partial charge in [-0.05, 0) is 32.8 Å². The van der Waals surface area contributed by atoms with E-state index in [0.717, 1.165) is 43.0 Å². The lowest BCUT2D eigenvalue weighted by Gasteiger charge is -2.26. The van der Waals surface area contributed by atoms with Crippen molar-refractivity contribution in [1.82, 2.24) is 20.0 Å². The fourth-order valence-electron chi connectivity index (χ4n) is 3.26. The lowest BCUT2D eigenvalue weighted by Crippen LogP contribution is -2.42. The van der Waals surface area contributed by atoms with Crippen molar-refractivity contribution in [3.8, 4) is 0 Å². The Morgan fingerprint density at radius 1 is 1.20 bits per heavy atom. The molecule has 1 aromatic heterocycles. The van der Waals surface area contributed by atoms with Crippen molar-refractivity contribution in [2.24, 2.45) is 0 Å². The fourth-order valence-corrected chi connectivity index (χ4v) is 3.26. The van der Waals surface area contributed by atoms with Gasteiger partial charge in [0.1, 0.15) is 0 Å². The molecule has 1 N–H and O–H groups in total. The number of nitrogens with zero attached hydrogens (tertiary/aromatic N) is 3. The van der Waals surface area contributed by atoms with Crippen LogP contribution >= 0.6 is 0 Å². The van der Waals surface area contributed by atoms with E-state index in [2.05, 4.69) is 42.5 Å². The first-order chi connectivity index (χ1) is 12.0. The number of hydrogen-bond donors (Lipinski definition) is 1. The molecule has 1 aliphatic heterocycles. The predicted octanol–water partition coefficient (Wildman–Crippen LogP) is 3.41. The second kappa shape index (κ2) is 7.55. The molecule has 2 aromatic rings. The first-order valence-electron chi connectivity index (χ1n) is 8.80. The average Bonchev–Trinajstić information content (AvgIpc) is 2.87. The van der Waals surface area contributed by atoms with Crippen molar-refractivity contribution in [2.75, 3.05) is 13.1 Å². The Morgan fingerprint density at radius 3 is 2.68 bits per heavy atom. The molecule has 25 heavy (non-hydrogen) atoms.